The first-order chi connectivity index (χ1) is 15.0. The number of sulfonamides is 1. The van der Waals surface area contributed by atoms with E-state index in [1.54, 1.807) is 24.0 Å². The largest absolute Gasteiger partial charge is 0.354 e. The van der Waals surface area contributed by atoms with Crippen LogP contribution in [0.5, 0.6) is 0 Å². The van der Waals surface area contributed by atoms with Crippen LogP contribution >= 0.6 is 0 Å². The summed E-state index contributed by atoms with van der Waals surface area (Å²) in [7, 11) is -1.86. The van der Waals surface area contributed by atoms with Gasteiger partial charge in [0.1, 0.15) is 10.7 Å². The lowest BCUT2D eigenvalue weighted by molar-refractivity contribution is 0.433. The molecule has 4 aromatic heterocycles. The number of fused-ring (bicyclic) bond motifs is 1. The van der Waals surface area contributed by atoms with E-state index in [4.69, 9.17) is 5.10 Å². The van der Waals surface area contributed by atoms with Gasteiger partial charge in [-0.05, 0) is 30.7 Å². The van der Waals surface area contributed by atoms with Crippen molar-refractivity contribution in [2.24, 2.45) is 7.05 Å². The van der Waals surface area contributed by atoms with Gasteiger partial charge in [-0.25, -0.2) is 8.42 Å². The predicted molar refractivity (Wildman–Crippen MR) is 113 cm³/mol. The molecule has 0 aliphatic carbocycles. The normalized spacial score (nSPS) is 16.0. The Hall–Kier alpha value is -3.38. The fourth-order valence-electron chi connectivity index (χ4n) is 3.67. The van der Waals surface area contributed by atoms with E-state index in [9.17, 15) is 8.42 Å². The van der Waals surface area contributed by atoms with Crippen molar-refractivity contribution < 1.29 is 8.42 Å². The van der Waals surface area contributed by atoms with Gasteiger partial charge in [-0.1, -0.05) is 0 Å². The van der Waals surface area contributed by atoms with Gasteiger partial charge in [0.15, 0.2) is 11.5 Å². The Morgan fingerprint density at radius 2 is 1.81 bits per heavy atom. The van der Waals surface area contributed by atoms with Gasteiger partial charge in [0.2, 0.25) is 10.0 Å². The summed E-state index contributed by atoms with van der Waals surface area (Å²) in [5.74, 6) is 1.39. The summed E-state index contributed by atoms with van der Waals surface area (Å²) in [5, 5.41) is 17.2. The first kappa shape index (κ1) is 19.6. The molecular formula is C19H21N9O2S. The molecule has 1 aliphatic rings. The van der Waals surface area contributed by atoms with Crippen molar-refractivity contribution in [2.75, 3.05) is 31.1 Å². The molecule has 0 aromatic carbocycles. The molecular weight excluding hydrogens is 418 g/mol. The lowest BCUT2D eigenvalue weighted by Gasteiger charge is -2.22. The molecule has 1 fully saturated rings. The highest BCUT2D eigenvalue weighted by Gasteiger charge is 2.28. The van der Waals surface area contributed by atoms with Crippen molar-refractivity contribution in [1.82, 2.24) is 38.9 Å². The second-order valence-electron chi connectivity index (χ2n) is 7.32. The second kappa shape index (κ2) is 7.71. The molecule has 5 rings (SSSR count). The van der Waals surface area contributed by atoms with Crippen molar-refractivity contribution in [3.63, 3.8) is 0 Å². The Kier molecular flexibility index (Phi) is 4.87. The molecule has 0 bridgehead atoms. The topological polar surface area (TPSA) is 114 Å². The minimum atomic E-state index is -3.57. The number of anilines is 1. The van der Waals surface area contributed by atoms with Crippen LogP contribution in [-0.2, 0) is 17.1 Å². The summed E-state index contributed by atoms with van der Waals surface area (Å²) >= 11 is 0. The number of nitrogens with zero attached hydrogens (tertiary/aromatic N) is 9. The summed E-state index contributed by atoms with van der Waals surface area (Å²) in [4.78, 5) is 6.35. The number of hydrogen-bond donors (Lipinski definition) is 0. The number of aromatic nitrogens is 7. The molecule has 160 valence electrons. The SMILES string of the molecule is Cn1cc(S(=O)(=O)N2CCCN(c3ccc4nnc(-c5ccncc5)n4n3)CC2)cn1. The van der Waals surface area contributed by atoms with Gasteiger partial charge in [-0.2, -0.15) is 13.9 Å². The third kappa shape index (κ3) is 3.64. The minimum Gasteiger partial charge on any atom is -0.354 e. The van der Waals surface area contributed by atoms with Crippen molar-refractivity contribution in [1.29, 1.82) is 0 Å². The Morgan fingerprint density at radius 3 is 2.58 bits per heavy atom. The summed E-state index contributed by atoms with van der Waals surface area (Å²) in [5.41, 5.74) is 1.52. The molecule has 1 aliphatic heterocycles. The Morgan fingerprint density at radius 1 is 0.968 bits per heavy atom. The van der Waals surface area contributed by atoms with Gasteiger partial charge < -0.3 is 4.90 Å². The van der Waals surface area contributed by atoms with Crippen molar-refractivity contribution in [3.05, 3.63) is 49.1 Å². The van der Waals surface area contributed by atoms with Gasteiger partial charge in [0.05, 0.1) is 6.20 Å². The average Bonchev–Trinajstić information content (AvgIpc) is 3.32. The maximum atomic E-state index is 13.0. The molecule has 31 heavy (non-hydrogen) atoms. The lowest BCUT2D eigenvalue weighted by Crippen LogP contribution is -2.35. The first-order valence-corrected chi connectivity index (χ1v) is 11.3. The van der Waals surface area contributed by atoms with E-state index in [0.29, 0.717) is 44.1 Å². The van der Waals surface area contributed by atoms with Gasteiger partial charge in [0.25, 0.3) is 0 Å². The van der Waals surface area contributed by atoms with E-state index in [2.05, 4.69) is 25.2 Å². The molecule has 11 nitrogen and oxygen atoms in total. The molecule has 12 heteroatoms. The van der Waals surface area contributed by atoms with Gasteiger partial charge >= 0.3 is 0 Å². The van der Waals surface area contributed by atoms with Crippen LogP contribution in [0.15, 0.2) is 53.9 Å². The highest BCUT2D eigenvalue weighted by molar-refractivity contribution is 7.89. The fourth-order valence-corrected chi connectivity index (χ4v) is 5.13. The molecule has 0 unspecified atom stereocenters. The maximum absolute atomic E-state index is 13.0. The highest BCUT2D eigenvalue weighted by atomic mass is 32.2. The number of pyridine rings is 1. The predicted octanol–water partition coefficient (Wildman–Crippen LogP) is 0.821. The van der Waals surface area contributed by atoms with Crippen LogP contribution in [0.3, 0.4) is 0 Å². The Bertz CT molecular complexity index is 1320. The van der Waals surface area contributed by atoms with E-state index < -0.39 is 10.0 Å². The Balaban J connectivity index is 1.40. The molecule has 4 aromatic rings. The van der Waals surface area contributed by atoms with Crippen LogP contribution in [-0.4, -0.2) is 73.5 Å². The molecule has 0 amide bonds. The first-order valence-electron chi connectivity index (χ1n) is 9.89. The minimum absolute atomic E-state index is 0.217. The quantitative estimate of drug-likeness (QED) is 0.459. The van der Waals surface area contributed by atoms with E-state index in [0.717, 1.165) is 11.4 Å². The molecule has 0 radical (unpaired) electrons. The van der Waals surface area contributed by atoms with Crippen molar-refractivity contribution in [3.8, 4) is 11.4 Å². The van der Waals surface area contributed by atoms with E-state index in [-0.39, 0.29) is 4.90 Å². The number of rotatable bonds is 4. The van der Waals surface area contributed by atoms with E-state index >= 15 is 0 Å². The third-order valence-corrected chi connectivity index (χ3v) is 7.14. The number of aryl methyl sites for hydroxylation is 1. The monoisotopic (exact) mass is 439 g/mol. The van der Waals surface area contributed by atoms with Crippen LogP contribution in [0, 0.1) is 0 Å². The van der Waals surface area contributed by atoms with Gasteiger partial charge in [-0.15, -0.1) is 15.3 Å². The summed E-state index contributed by atoms with van der Waals surface area (Å²) in [6.07, 6.45) is 7.01. The van der Waals surface area contributed by atoms with Crippen LogP contribution < -0.4 is 4.90 Å². The zero-order valence-electron chi connectivity index (χ0n) is 16.9. The van der Waals surface area contributed by atoms with E-state index in [1.165, 1.54) is 21.4 Å². The zero-order chi connectivity index (χ0) is 21.4. The van der Waals surface area contributed by atoms with Crippen LogP contribution in [0.2, 0.25) is 0 Å². The molecule has 5 heterocycles. The van der Waals surface area contributed by atoms with Crippen molar-refractivity contribution >= 4 is 21.5 Å². The smallest absolute Gasteiger partial charge is 0.246 e. The molecule has 0 N–H and O–H groups in total. The number of hydrogen-bond acceptors (Lipinski definition) is 8. The summed E-state index contributed by atoms with van der Waals surface area (Å²) in [6.45, 7) is 2.05. The average molecular weight is 440 g/mol. The fraction of sp³-hybridized carbons (Fsp3) is 0.316. The van der Waals surface area contributed by atoms with Crippen LogP contribution in [0.1, 0.15) is 6.42 Å². The van der Waals surface area contributed by atoms with Gasteiger partial charge in [0, 0.05) is 57.4 Å². The maximum Gasteiger partial charge on any atom is 0.246 e. The summed E-state index contributed by atoms with van der Waals surface area (Å²) < 4.78 is 30.6. The van der Waals surface area contributed by atoms with Crippen molar-refractivity contribution in [2.45, 2.75) is 11.3 Å². The molecule has 1 saturated heterocycles. The van der Waals surface area contributed by atoms with Crippen LogP contribution in [0.25, 0.3) is 17.0 Å². The second-order valence-corrected chi connectivity index (χ2v) is 9.25. The van der Waals surface area contributed by atoms with Gasteiger partial charge in [-0.3, -0.25) is 9.67 Å². The summed E-state index contributed by atoms with van der Waals surface area (Å²) in [6, 6.07) is 7.48. The Labute approximate surface area is 179 Å². The van der Waals surface area contributed by atoms with Crippen LogP contribution in [0.4, 0.5) is 5.82 Å². The lowest BCUT2D eigenvalue weighted by atomic mass is 10.2. The zero-order valence-corrected chi connectivity index (χ0v) is 17.7. The highest BCUT2D eigenvalue weighted by Crippen LogP contribution is 2.22. The van der Waals surface area contributed by atoms with E-state index in [1.807, 2.05) is 24.3 Å². The standard InChI is InChI=1S/C19H21N9O2S/c1-25-14-16(13-21-25)31(29,30)27-10-2-9-26(11-12-27)18-4-3-17-22-23-19(28(17)24-18)15-5-7-20-8-6-15/h3-8,13-14H,2,9-12H2,1H3. The molecule has 0 spiro atoms. The third-order valence-electron chi connectivity index (χ3n) is 5.29. The molecule has 0 saturated carbocycles. The molecule has 0 atom stereocenters.